The van der Waals surface area contributed by atoms with Crippen LogP contribution in [0.1, 0.15) is 11.1 Å². The van der Waals surface area contributed by atoms with Gasteiger partial charge in [-0.15, -0.1) is 0 Å². The molecule has 3 rings (SSSR count). The van der Waals surface area contributed by atoms with E-state index in [4.69, 9.17) is 14.6 Å². The Kier molecular flexibility index (Phi) is 5.07. The average Bonchev–Trinajstić information content (AvgIpc) is 3.08. The quantitative estimate of drug-likeness (QED) is 0.829. The monoisotopic (exact) mass is 332 g/mol. The molecule has 0 amide bonds. The number of hydrogen-bond donors (Lipinski definition) is 1. The third-order valence-electron chi connectivity index (χ3n) is 3.98. The van der Waals surface area contributed by atoms with E-state index < -0.39 is 12.1 Å². The molecule has 2 heterocycles. The van der Waals surface area contributed by atoms with Gasteiger partial charge in [-0.05, 0) is 17.7 Å². The van der Waals surface area contributed by atoms with Crippen molar-refractivity contribution in [3.05, 3.63) is 42.0 Å². The number of carbonyl (C=O) groups is 1. The molecule has 1 aromatic heterocycles. The molecule has 1 atom stereocenters. The van der Waals surface area contributed by atoms with Gasteiger partial charge in [0.25, 0.3) is 0 Å². The van der Waals surface area contributed by atoms with Crippen LogP contribution in [0.3, 0.4) is 0 Å². The summed E-state index contributed by atoms with van der Waals surface area (Å²) in [5, 5.41) is 13.2. The number of carboxylic acid groups (broad SMARTS) is 1. The van der Waals surface area contributed by atoms with Gasteiger partial charge in [0.1, 0.15) is 18.4 Å². The Morgan fingerprint density at radius 3 is 3.04 bits per heavy atom. The minimum atomic E-state index is -0.915. The fourth-order valence-corrected chi connectivity index (χ4v) is 2.80. The lowest BCUT2D eigenvalue weighted by Crippen LogP contribution is -2.45. The highest BCUT2D eigenvalue weighted by Gasteiger charge is 2.26. The molecular weight excluding hydrogens is 312 g/mol. The molecule has 1 aliphatic heterocycles. The van der Waals surface area contributed by atoms with E-state index in [9.17, 15) is 4.79 Å². The van der Waals surface area contributed by atoms with Gasteiger partial charge in [0, 0.05) is 25.2 Å². The smallest absolute Gasteiger partial charge is 0.334 e. The predicted molar refractivity (Wildman–Crippen MR) is 84.8 cm³/mol. The SMILES string of the molecule is COc1ccc(CN2CCO[C@H](C(=O)O)C2)cc1Cn1cncn1. The van der Waals surface area contributed by atoms with Crippen molar-refractivity contribution >= 4 is 5.97 Å². The van der Waals surface area contributed by atoms with E-state index in [0.29, 0.717) is 32.8 Å². The summed E-state index contributed by atoms with van der Waals surface area (Å²) in [4.78, 5) is 17.1. The van der Waals surface area contributed by atoms with Crippen molar-refractivity contribution in [2.45, 2.75) is 19.2 Å². The second kappa shape index (κ2) is 7.41. The maximum atomic E-state index is 11.1. The predicted octanol–water partition coefficient (Wildman–Crippen LogP) is 0.620. The molecular formula is C16H20N4O4. The van der Waals surface area contributed by atoms with Crippen LogP contribution >= 0.6 is 0 Å². The normalized spacial score (nSPS) is 18.5. The van der Waals surface area contributed by atoms with Crippen LogP contribution in [0.15, 0.2) is 30.9 Å². The fraction of sp³-hybridized carbons (Fsp3) is 0.438. The third kappa shape index (κ3) is 3.90. The lowest BCUT2D eigenvalue weighted by Gasteiger charge is -2.30. The molecule has 24 heavy (non-hydrogen) atoms. The lowest BCUT2D eigenvalue weighted by atomic mass is 10.1. The first-order chi connectivity index (χ1) is 11.7. The van der Waals surface area contributed by atoms with Crippen LogP contribution in [-0.4, -0.2) is 63.7 Å². The molecule has 1 aromatic carbocycles. The largest absolute Gasteiger partial charge is 0.496 e. The summed E-state index contributed by atoms with van der Waals surface area (Å²) in [5.41, 5.74) is 2.10. The van der Waals surface area contributed by atoms with Gasteiger partial charge >= 0.3 is 5.97 Å². The summed E-state index contributed by atoms with van der Waals surface area (Å²) in [6.45, 7) is 2.77. The number of morpholine rings is 1. The summed E-state index contributed by atoms with van der Waals surface area (Å²) in [5.74, 6) is -0.124. The highest BCUT2D eigenvalue weighted by Crippen LogP contribution is 2.22. The first-order valence-corrected chi connectivity index (χ1v) is 7.70. The Balaban J connectivity index is 1.72. The van der Waals surface area contributed by atoms with Gasteiger partial charge in [-0.25, -0.2) is 14.5 Å². The van der Waals surface area contributed by atoms with Crippen molar-refractivity contribution in [2.24, 2.45) is 0 Å². The summed E-state index contributed by atoms with van der Waals surface area (Å²) in [6.07, 6.45) is 2.40. The Labute approximate surface area is 139 Å². The molecule has 0 radical (unpaired) electrons. The molecule has 0 saturated carbocycles. The first-order valence-electron chi connectivity index (χ1n) is 7.70. The number of carboxylic acids is 1. The summed E-state index contributed by atoms with van der Waals surface area (Å²) in [7, 11) is 1.64. The minimum Gasteiger partial charge on any atom is -0.496 e. The molecule has 1 aliphatic rings. The number of ether oxygens (including phenoxy) is 2. The molecule has 8 nitrogen and oxygen atoms in total. The van der Waals surface area contributed by atoms with Gasteiger partial charge in [-0.1, -0.05) is 6.07 Å². The van der Waals surface area contributed by atoms with Gasteiger partial charge < -0.3 is 14.6 Å². The Bertz CT molecular complexity index is 689. The Hall–Kier alpha value is -2.45. The molecule has 1 saturated heterocycles. The molecule has 0 spiro atoms. The van der Waals surface area contributed by atoms with Crippen LogP contribution in [0.25, 0.3) is 0 Å². The number of nitrogens with zero attached hydrogens (tertiary/aromatic N) is 4. The van der Waals surface area contributed by atoms with Crippen molar-refractivity contribution in [1.29, 1.82) is 0 Å². The van der Waals surface area contributed by atoms with Crippen molar-refractivity contribution in [3.63, 3.8) is 0 Å². The molecule has 0 aliphatic carbocycles. The van der Waals surface area contributed by atoms with E-state index in [0.717, 1.165) is 16.9 Å². The zero-order valence-electron chi connectivity index (χ0n) is 13.5. The van der Waals surface area contributed by atoms with Gasteiger partial charge in [0.05, 0.1) is 20.3 Å². The number of benzene rings is 1. The number of aromatic nitrogens is 3. The highest BCUT2D eigenvalue weighted by atomic mass is 16.5. The molecule has 2 aromatic rings. The van der Waals surface area contributed by atoms with E-state index in [2.05, 4.69) is 21.0 Å². The van der Waals surface area contributed by atoms with Crippen LogP contribution in [0, 0.1) is 0 Å². The Morgan fingerprint density at radius 1 is 1.46 bits per heavy atom. The van der Waals surface area contributed by atoms with E-state index >= 15 is 0 Å². The topological polar surface area (TPSA) is 89.7 Å². The molecule has 128 valence electrons. The first kappa shape index (κ1) is 16.4. The van der Waals surface area contributed by atoms with Gasteiger partial charge in [-0.3, -0.25) is 4.90 Å². The second-order valence-corrected chi connectivity index (χ2v) is 5.67. The van der Waals surface area contributed by atoms with Crippen LogP contribution in [0.5, 0.6) is 5.75 Å². The molecule has 0 bridgehead atoms. The van der Waals surface area contributed by atoms with E-state index in [1.165, 1.54) is 6.33 Å². The zero-order chi connectivity index (χ0) is 16.9. The number of rotatable bonds is 6. The van der Waals surface area contributed by atoms with Crippen molar-refractivity contribution in [2.75, 3.05) is 26.8 Å². The Morgan fingerprint density at radius 2 is 2.33 bits per heavy atom. The third-order valence-corrected chi connectivity index (χ3v) is 3.98. The standard InChI is InChI=1S/C16H20N4O4/c1-23-14-3-2-12(6-13(14)8-20-11-17-10-18-20)7-19-4-5-24-15(9-19)16(21)22/h2-3,6,10-11,15H,4-5,7-9H2,1H3,(H,21,22)/t15-/m0/s1. The molecule has 8 heteroatoms. The highest BCUT2D eigenvalue weighted by molar-refractivity contribution is 5.72. The number of aliphatic carboxylic acids is 1. The van der Waals surface area contributed by atoms with E-state index in [1.54, 1.807) is 18.1 Å². The van der Waals surface area contributed by atoms with E-state index in [1.807, 2.05) is 12.1 Å². The molecule has 1 N–H and O–H groups in total. The van der Waals surface area contributed by atoms with Gasteiger partial charge in [0.2, 0.25) is 0 Å². The zero-order valence-corrected chi connectivity index (χ0v) is 13.5. The summed E-state index contributed by atoms with van der Waals surface area (Å²) >= 11 is 0. The summed E-state index contributed by atoms with van der Waals surface area (Å²) < 4.78 is 12.4. The van der Waals surface area contributed by atoms with Crippen molar-refractivity contribution < 1.29 is 19.4 Å². The second-order valence-electron chi connectivity index (χ2n) is 5.67. The van der Waals surface area contributed by atoms with Crippen molar-refractivity contribution in [1.82, 2.24) is 19.7 Å². The molecule has 0 unspecified atom stereocenters. The van der Waals surface area contributed by atoms with Crippen LogP contribution < -0.4 is 4.74 Å². The maximum Gasteiger partial charge on any atom is 0.334 e. The maximum absolute atomic E-state index is 11.1. The molecule has 1 fully saturated rings. The van der Waals surface area contributed by atoms with Crippen LogP contribution in [-0.2, 0) is 22.6 Å². The lowest BCUT2D eigenvalue weighted by molar-refractivity contribution is -0.156. The minimum absolute atomic E-state index is 0.389. The number of hydrogen-bond acceptors (Lipinski definition) is 6. The summed E-state index contributed by atoms with van der Waals surface area (Å²) in [6, 6.07) is 5.98. The number of methoxy groups -OCH3 is 1. The van der Waals surface area contributed by atoms with Gasteiger partial charge in [0.15, 0.2) is 6.10 Å². The van der Waals surface area contributed by atoms with Crippen molar-refractivity contribution in [3.8, 4) is 5.75 Å². The van der Waals surface area contributed by atoms with Gasteiger partial charge in [-0.2, -0.15) is 5.10 Å². The average molecular weight is 332 g/mol. The van der Waals surface area contributed by atoms with Crippen LogP contribution in [0.2, 0.25) is 0 Å². The van der Waals surface area contributed by atoms with Crippen LogP contribution in [0.4, 0.5) is 0 Å². The van der Waals surface area contributed by atoms with E-state index in [-0.39, 0.29) is 0 Å². The fourth-order valence-electron chi connectivity index (χ4n) is 2.80.